The van der Waals surface area contributed by atoms with Crippen LogP contribution in [0.15, 0.2) is 24.3 Å². The van der Waals surface area contributed by atoms with Crippen molar-refractivity contribution in [1.82, 2.24) is 9.80 Å². The SMILES string of the molecule is CC(C)(C)OC(=O)O[C@@H]1CN(C(=O)O)CC[C@H]1N1CC(=O)c2ccccc2C1. The Morgan fingerprint density at radius 3 is 2.57 bits per heavy atom. The Kier molecular flexibility index (Phi) is 5.60. The summed E-state index contributed by atoms with van der Waals surface area (Å²) in [7, 11) is 0. The number of carboxylic acid groups (broad SMARTS) is 1. The Morgan fingerprint density at radius 1 is 1.18 bits per heavy atom. The second-order valence-corrected chi connectivity index (χ2v) is 8.19. The van der Waals surface area contributed by atoms with E-state index in [2.05, 4.69) is 0 Å². The number of likely N-dealkylation sites (tertiary alicyclic amines) is 1. The minimum Gasteiger partial charge on any atom is -0.465 e. The van der Waals surface area contributed by atoms with E-state index in [0.717, 1.165) is 5.56 Å². The molecule has 1 fully saturated rings. The first kappa shape index (κ1) is 20.1. The lowest BCUT2D eigenvalue weighted by molar-refractivity contribution is -0.0684. The fourth-order valence-corrected chi connectivity index (χ4v) is 3.72. The first-order valence-corrected chi connectivity index (χ1v) is 9.37. The van der Waals surface area contributed by atoms with Crippen LogP contribution in [0.5, 0.6) is 0 Å². The van der Waals surface area contributed by atoms with Gasteiger partial charge in [0.2, 0.25) is 0 Å². The molecule has 2 aliphatic heterocycles. The molecule has 2 aliphatic rings. The lowest BCUT2D eigenvalue weighted by Crippen LogP contribution is -2.58. The molecule has 0 unspecified atom stereocenters. The van der Waals surface area contributed by atoms with Crippen LogP contribution < -0.4 is 0 Å². The number of benzene rings is 1. The summed E-state index contributed by atoms with van der Waals surface area (Å²) < 4.78 is 10.8. The van der Waals surface area contributed by atoms with Gasteiger partial charge in [-0.3, -0.25) is 9.69 Å². The predicted octanol–water partition coefficient (Wildman–Crippen LogP) is 2.76. The van der Waals surface area contributed by atoms with E-state index in [-0.39, 0.29) is 24.9 Å². The van der Waals surface area contributed by atoms with E-state index >= 15 is 0 Å². The molecule has 1 aromatic rings. The second kappa shape index (κ2) is 7.79. The molecule has 0 aliphatic carbocycles. The molecule has 1 saturated heterocycles. The zero-order chi connectivity index (χ0) is 20.5. The fourth-order valence-electron chi connectivity index (χ4n) is 3.72. The number of fused-ring (bicyclic) bond motifs is 1. The highest BCUT2D eigenvalue weighted by atomic mass is 16.7. The maximum Gasteiger partial charge on any atom is 0.509 e. The summed E-state index contributed by atoms with van der Waals surface area (Å²) in [6.07, 6.45) is -2.14. The molecule has 0 aromatic heterocycles. The molecular weight excluding hydrogens is 364 g/mol. The smallest absolute Gasteiger partial charge is 0.465 e. The van der Waals surface area contributed by atoms with Gasteiger partial charge in [-0.15, -0.1) is 0 Å². The van der Waals surface area contributed by atoms with Crippen LogP contribution in [-0.4, -0.2) is 70.3 Å². The molecular formula is C20H26N2O6. The Labute approximate surface area is 164 Å². The van der Waals surface area contributed by atoms with Crippen LogP contribution in [0.1, 0.15) is 43.1 Å². The number of Topliss-reactive ketones (excluding diaryl/α,β-unsaturated/α-hetero) is 1. The van der Waals surface area contributed by atoms with Gasteiger partial charge in [-0.25, -0.2) is 9.59 Å². The van der Waals surface area contributed by atoms with Gasteiger partial charge >= 0.3 is 12.2 Å². The Bertz CT molecular complexity index is 772. The van der Waals surface area contributed by atoms with Crippen LogP contribution in [0.2, 0.25) is 0 Å². The van der Waals surface area contributed by atoms with Gasteiger partial charge in [0, 0.05) is 18.7 Å². The number of ketones is 1. The van der Waals surface area contributed by atoms with E-state index in [1.54, 1.807) is 20.8 Å². The van der Waals surface area contributed by atoms with Crippen molar-refractivity contribution in [3.05, 3.63) is 35.4 Å². The largest absolute Gasteiger partial charge is 0.509 e. The summed E-state index contributed by atoms with van der Waals surface area (Å²) in [5.41, 5.74) is 0.926. The summed E-state index contributed by atoms with van der Waals surface area (Å²) in [6, 6.07) is 7.19. The van der Waals surface area contributed by atoms with Gasteiger partial charge in [0.1, 0.15) is 11.7 Å². The van der Waals surface area contributed by atoms with Crippen molar-refractivity contribution < 1.29 is 29.0 Å². The highest BCUT2D eigenvalue weighted by Gasteiger charge is 2.40. The molecule has 1 aromatic carbocycles. The number of carbonyl (C=O) groups excluding carboxylic acids is 2. The number of ether oxygens (including phenoxy) is 2. The van der Waals surface area contributed by atoms with Gasteiger partial charge in [0.25, 0.3) is 0 Å². The van der Waals surface area contributed by atoms with E-state index in [1.165, 1.54) is 4.90 Å². The van der Waals surface area contributed by atoms with Gasteiger partial charge in [0.15, 0.2) is 5.78 Å². The lowest BCUT2D eigenvalue weighted by Gasteiger charge is -2.43. The number of nitrogens with zero attached hydrogens (tertiary/aromatic N) is 2. The quantitative estimate of drug-likeness (QED) is 0.776. The molecule has 0 spiro atoms. The molecule has 0 radical (unpaired) electrons. The molecule has 3 rings (SSSR count). The van der Waals surface area contributed by atoms with Gasteiger partial charge in [-0.1, -0.05) is 24.3 Å². The summed E-state index contributed by atoms with van der Waals surface area (Å²) in [5, 5.41) is 9.33. The minimum atomic E-state index is -1.06. The molecule has 0 bridgehead atoms. The molecule has 0 saturated carbocycles. The first-order chi connectivity index (χ1) is 13.1. The average molecular weight is 390 g/mol. The van der Waals surface area contributed by atoms with Crippen molar-refractivity contribution in [2.24, 2.45) is 0 Å². The average Bonchev–Trinajstić information content (AvgIpc) is 2.60. The van der Waals surface area contributed by atoms with Crippen LogP contribution in [0, 0.1) is 0 Å². The summed E-state index contributed by atoms with van der Waals surface area (Å²) in [5.74, 6) is 0.0125. The van der Waals surface area contributed by atoms with Crippen LogP contribution in [-0.2, 0) is 16.0 Å². The third-order valence-corrected chi connectivity index (χ3v) is 4.94. The molecule has 1 N–H and O–H groups in total. The van der Waals surface area contributed by atoms with E-state index in [9.17, 15) is 19.5 Å². The van der Waals surface area contributed by atoms with Crippen molar-refractivity contribution in [3.8, 4) is 0 Å². The van der Waals surface area contributed by atoms with Gasteiger partial charge < -0.3 is 19.5 Å². The Morgan fingerprint density at radius 2 is 1.89 bits per heavy atom. The first-order valence-electron chi connectivity index (χ1n) is 9.37. The summed E-state index contributed by atoms with van der Waals surface area (Å²) >= 11 is 0. The van der Waals surface area contributed by atoms with Crippen molar-refractivity contribution in [2.75, 3.05) is 19.6 Å². The topological polar surface area (TPSA) is 96.4 Å². The van der Waals surface area contributed by atoms with Crippen LogP contribution >= 0.6 is 0 Å². The maximum atomic E-state index is 12.5. The van der Waals surface area contributed by atoms with Crippen molar-refractivity contribution >= 4 is 18.0 Å². The molecule has 8 nitrogen and oxygen atoms in total. The van der Waals surface area contributed by atoms with Gasteiger partial charge in [-0.05, 0) is 32.8 Å². The highest BCUT2D eigenvalue weighted by molar-refractivity contribution is 5.99. The monoisotopic (exact) mass is 390 g/mol. The Hall–Kier alpha value is -2.61. The van der Waals surface area contributed by atoms with Crippen molar-refractivity contribution in [2.45, 2.75) is 51.5 Å². The molecule has 2 heterocycles. The van der Waals surface area contributed by atoms with Gasteiger partial charge in [0.05, 0.1) is 19.1 Å². The molecule has 1 amide bonds. The minimum absolute atomic E-state index is 0.0125. The lowest BCUT2D eigenvalue weighted by atomic mass is 9.93. The van der Waals surface area contributed by atoms with E-state index in [1.807, 2.05) is 29.2 Å². The van der Waals surface area contributed by atoms with Crippen molar-refractivity contribution in [1.29, 1.82) is 0 Å². The van der Waals surface area contributed by atoms with Crippen LogP contribution in [0.25, 0.3) is 0 Å². The number of rotatable bonds is 2. The zero-order valence-electron chi connectivity index (χ0n) is 16.4. The summed E-state index contributed by atoms with van der Waals surface area (Å²) in [6.45, 7) is 6.33. The molecule has 152 valence electrons. The van der Waals surface area contributed by atoms with E-state index < -0.39 is 24.0 Å². The highest BCUT2D eigenvalue weighted by Crippen LogP contribution is 2.27. The third-order valence-electron chi connectivity index (χ3n) is 4.94. The van der Waals surface area contributed by atoms with Crippen LogP contribution in [0.4, 0.5) is 9.59 Å². The number of amides is 1. The maximum absolute atomic E-state index is 12.5. The summed E-state index contributed by atoms with van der Waals surface area (Å²) in [4.78, 5) is 39.3. The molecule has 2 atom stereocenters. The second-order valence-electron chi connectivity index (χ2n) is 8.19. The number of carbonyl (C=O) groups is 3. The zero-order valence-corrected chi connectivity index (χ0v) is 16.4. The van der Waals surface area contributed by atoms with E-state index in [0.29, 0.717) is 25.1 Å². The predicted molar refractivity (Wildman–Crippen MR) is 100 cm³/mol. The molecule has 28 heavy (non-hydrogen) atoms. The number of hydrogen-bond donors (Lipinski definition) is 1. The van der Waals surface area contributed by atoms with Crippen molar-refractivity contribution in [3.63, 3.8) is 0 Å². The Balaban J connectivity index is 1.78. The number of piperidine rings is 1. The standard InChI is InChI=1S/C20H26N2O6/c1-20(2,3)28-19(26)27-17-12-21(18(24)25)9-8-15(17)22-10-13-6-4-5-7-14(13)16(23)11-22/h4-7,15,17H,8-12H2,1-3H3,(H,24,25)/t15-,17-/m1/s1. The van der Waals surface area contributed by atoms with Gasteiger partial charge in [-0.2, -0.15) is 0 Å². The fraction of sp³-hybridized carbons (Fsp3) is 0.550. The normalized spacial score (nSPS) is 23.1. The van der Waals surface area contributed by atoms with E-state index in [4.69, 9.17) is 9.47 Å². The molecule has 8 heteroatoms. The third kappa shape index (κ3) is 4.62. The number of hydrogen-bond acceptors (Lipinski definition) is 6. The van der Waals surface area contributed by atoms with Crippen LogP contribution in [0.3, 0.4) is 0 Å².